The number of amides is 1. The molecule has 35 heavy (non-hydrogen) atoms. The Morgan fingerprint density at radius 1 is 0.971 bits per heavy atom. The van der Waals surface area contributed by atoms with Gasteiger partial charge in [0.05, 0.1) is 11.6 Å². The second-order valence-corrected chi connectivity index (χ2v) is 8.86. The number of carbonyl (C=O) groups is 1. The fourth-order valence-electron chi connectivity index (χ4n) is 5.04. The van der Waals surface area contributed by atoms with Gasteiger partial charge in [-0.2, -0.15) is 5.26 Å². The average molecular weight is 479 g/mol. The van der Waals surface area contributed by atoms with Crippen LogP contribution in [0.4, 0.5) is 13.2 Å². The highest BCUT2D eigenvalue weighted by Gasteiger charge is 2.37. The lowest BCUT2D eigenvalue weighted by atomic mass is 9.82. The molecule has 2 aliphatic rings. The number of pyridine rings is 1. The summed E-state index contributed by atoms with van der Waals surface area (Å²) in [6.07, 6.45) is -3.90. The van der Waals surface area contributed by atoms with Gasteiger partial charge in [-0.1, -0.05) is 12.1 Å². The first kappa shape index (κ1) is 22.7. The summed E-state index contributed by atoms with van der Waals surface area (Å²) in [5.74, 6) is -0.327. The highest BCUT2D eigenvalue weighted by atomic mass is 19.4. The third-order valence-electron chi connectivity index (χ3n) is 6.55. The molecular weight excluding hydrogens is 459 g/mol. The lowest BCUT2D eigenvalue weighted by Gasteiger charge is -2.43. The third-order valence-corrected chi connectivity index (χ3v) is 6.55. The molecule has 2 aromatic carbocycles. The van der Waals surface area contributed by atoms with Gasteiger partial charge in [0.25, 0.3) is 11.5 Å². The molecule has 9 heteroatoms. The molecule has 6 nitrogen and oxygen atoms in total. The van der Waals surface area contributed by atoms with Crippen LogP contribution in [0.1, 0.15) is 34.0 Å². The van der Waals surface area contributed by atoms with Crippen LogP contribution in [0.5, 0.6) is 5.75 Å². The zero-order chi connectivity index (χ0) is 24.7. The molecule has 1 amide bonds. The number of piperidine rings is 1. The van der Waals surface area contributed by atoms with Crippen LogP contribution in [0.15, 0.2) is 65.5 Å². The predicted octanol–water partition coefficient (Wildman–Crippen LogP) is 4.55. The maximum Gasteiger partial charge on any atom is 0.573 e. The number of rotatable bonds is 3. The Morgan fingerprint density at radius 2 is 1.69 bits per heavy atom. The summed E-state index contributed by atoms with van der Waals surface area (Å²) in [6.45, 7) is 1.47. The number of nitriles is 1. The molecule has 0 spiro atoms. The number of hydrogen-bond donors (Lipinski definition) is 0. The van der Waals surface area contributed by atoms with Gasteiger partial charge < -0.3 is 14.2 Å². The maximum atomic E-state index is 13.3. The second-order valence-electron chi connectivity index (χ2n) is 8.86. The van der Waals surface area contributed by atoms with Gasteiger partial charge in [0.1, 0.15) is 5.75 Å². The molecule has 1 saturated heterocycles. The highest BCUT2D eigenvalue weighted by Crippen LogP contribution is 2.36. The molecule has 0 N–H and O–H groups in total. The molecule has 0 unspecified atom stereocenters. The first-order valence-electron chi connectivity index (χ1n) is 11.1. The summed E-state index contributed by atoms with van der Waals surface area (Å²) < 4.78 is 42.9. The normalized spacial score (nSPS) is 19.0. The molecule has 5 rings (SSSR count). The number of hydrogen-bond acceptors (Lipinski definition) is 4. The molecule has 1 fully saturated rings. The molecule has 3 aromatic rings. The second kappa shape index (κ2) is 8.62. The van der Waals surface area contributed by atoms with Crippen LogP contribution >= 0.6 is 0 Å². The maximum absolute atomic E-state index is 13.3. The van der Waals surface area contributed by atoms with Crippen LogP contribution in [0.25, 0.3) is 11.1 Å². The Kier molecular flexibility index (Phi) is 5.59. The van der Waals surface area contributed by atoms with Crippen molar-refractivity contribution in [3.05, 3.63) is 87.8 Å². The number of fused-ring (bicyclic) bond motifs is 4. The molecule has 2 bridgehead atoms. The van der Waals surface area contributed by atoms with Gasteiger partial charge in [-0.05, 0) is 66.4 Å². The molecular formula is C26H20F3N3O3. The van der Waals surface area contributed by atoms with Gasteiger partial charge in [-0.3, -0.25) is 9.59 Å². The molecule has 0 aliphatic carbocycles. The Morgan fingerprint density at radius 3 is 2.34 bits per heavy atom. The van der Waals surface area contributed by atoms with Gasteiger partial charge >= 0.3 is 6.36 Å². The molecule has 178 valence electrons. The number of aromatic nitrogens is 1. The van der Waals surface area contributed by atoms with E-state index in [0.717, 1.165) is 12.1 Å². The summed E-state index contributed by atoms with van der Waals surface area (Å²) in [5.41, 5.74) is 2.57. The summed E-state index contributed by atoms with van der Waals surface area (Å²) in [6, 6.07) is 17.4. The van der Waals surface area contributed by atoms with Crippen molar-refractivity contribution in [3.8, 4) is 22.9 Å². The SMILES string of the molecule is N#Cc1ccc(C(=O)N2C[C@@H]3C[C@H](C2)c2ccc(-c4ccc(OC(F)(F)F)cc4)c(=O)n2C3)cc1. The number of carbonyl (C=O) groups excluding carboxylic acids is 1. The number of nitrogens with zero attached hydrogens (tertiary/aromatic N) is 3. The molecule has 1 aromatic heterocycles. The van der Waals surface area contributed by atoms with Crippen molar-refractivity contribution in [2.75, 3.05) is 13.1 Å². The average Bonchev–Trinajstić information content (AvgIpc) is 2.84. The van der Waals surface area contributed by atoms with E-state index in [1.165, 1.54) is 24.3 Å². The van der Waals surface area contributed by atoms with E-state index in [2.05, 4.69) is 4.74 Å². The largest absolute Gasteiger partial charge is 0.573 e. The third kappa shape index (κ3) is 4.52. The Labute approximate surface area is 198 Å². The summed E-state index contributed by atoms with van der Waals surface area (Å²) in [7, 11) is 0. The minimum Gasteiger partial charge on any atom is -0.406 e. The van der Waals surface area contributed by atoms with Crippen LogP contribution in [0, 0.1) is 17.2 Å². The summed E-state index contributed by atoms with van der Waals surface area (Å²) in [5, 5.41) is 8.97. The molecule has 2 aliphatic heterocycles. The van der Waals surface area contributed by atoms with Gasteiger partial charge in [-0.15, -0.1) is 13.2 Å². The van der Waals surface area contributed by atoms with Crippen molar-refractivity contribution in [1.82, 2.24) is 9.47 Å². The summed E-state index contributed by atoms with van der Waals surface area (Å²) in [4.78, 5) is 28.2. The van der Waals surface area contributed by atoms with E-state index >= 15 is 0 Å². The number of alkyl halides is 3. The van der Waals surface area contributed by atoms with Gasteiger partial charge in [-0.25, -0.2) is 0 Å². The lowest BCUT2D eigenvalue weighted by Crippen LogP contribution is -2.49. The fourth-order valence-corrected chi connectivity index (χ4v) is 5.04. The van der Waals surface area contributed by atoms with E-state index in [0.29, 0.717) is 41.9 Å². The Bertz CT molecular complexity index is 1370. The van der Waals surface area contributed by atoms with Crippen molar-refractivity contribution < 1.29 is 22.7 Å². The monoisotopic (exact) mass is 479 g/mol. The lowest BCUT2D eigenvalue weighted by molar-refractivity contribution is -0.274. The first-order chi connectivity index (χ1) is 16.7. The van der Waals surface area contributed by atoms with Crippen molar-refractivity contribution >= 4 is 5.91 Å². The zero-order valence-corrected chi connectivity index (χ0v) is 18.5. The van der Waals surface area contributed by atoms with E-state index in [9.17, 15) is 22.8 Å². The molecule has 2 atom stereocenters. The topological polar surface area (TPSA) is 75.3 Å². The van der Waals surface area contributed by atoms with Crippen molar-refractivity contribution in [1.29, 1.82) is 5.26 Å². The van der Waals surface area contributed by atoms with Crippen molar-refractivity contribution in [2.45, 2.75) is 25.2 Å². The molecule has 3 heterocycles. The Hall–Kier alpha value is -4.06. The molecule has 0 radical (unpaired) electrons. The zero-order valence-electron chi connectivity index (χ0n) is 18.5. The Balaban J connectivity index is 1.38. The number of ether oxygens (including phenoxy) is 1. The van der Waals surface area contributed by atoms with Crippen LogP contribution in [-0.4, -0.2) is 34.8 Å². The van der Waals surface area contributed by atoms with Crippen molar-refractivity contribution in [3.63, 3.8) is 0 Å². The quantitative estimate of drug-likeness (QED) is 0.553. The van der Waals surface area contributed by atoms with Crippen LogP contribution in [-0.2, 0) is 6.54 Å². The van der Waals surface area contributed by atoms with E-state index in [1.54, 1.807) is 34.9 Å². The minimum absolute atomic E-state index is 0.00847. The van der Waals surface area contributed by atoms with E-state index in [4.69, 9.17) is 5.26 Å². The fraction of sp³-hybridized carbons (Fsp3) is 0.269. The van der Waals surface area contributed by atoms with E-state index in [-0.39, 0.29) is 29.1 Å². The first-order valence-corrected chi connectivity index (χ1v) is 11.1. The summed E-state index contributed by atoms with van der Waals surface area (Å²) >= 11 is 0. The number of benzene rings is 2. The van der Waals surface area contributed by atoms with E-state index in [1.807, 2.05) is 17.0 Å². The number of likely N-dealkylation sites (tertiary alicyclic amines) is 1. The van der Waals surface area contributed by atoms with Crippen LogP contribution in [0.2, 0.25) is 0 Å². The molecule has 0 saturated carbocycles. The van der Waals surface area contributed by atoms with Gasteiger partial charge in [0.15, 0.2) is 0 Å². The predicted molar refractivity (Wildman–Crippen MR) is 121 cm³/mol. The minimum atomic E-state index is -4.78. The van der Waals surface area contributed by atoms with Crippen molar-refractivity contribution in [2.24, 2.45) is 5.92 Å². The number of halogens is 3. The smallest absolute Gasteiger partial charge is 0.406 e. The van der Waals surface area contributed by atoms with E-state index < -0.39 is 6.36 Å². The van der Waals surface area contributed by atoms with Crippen LogP contribution < -0.4 is 10.3 Å². The van der Waals surface area contributed by atoms with Gasteiger partial charge in [0, 0.05) is 42.4 Å². The van der Waals surface area contributed by atoms with Crippen LogP contribution in [0.3, 0.4) is 0 Å². The van der Waals surface area contributed by atoms with Gasteiger partial charge in [0.2, 0.25) is 0 Å². The standard InChI is InChI=1S/C26H20F3N3O3/c27-26(28,29)35-21-7-5-18(6-8-21)22-9-10-23-20-11-17(14-32(23)25(22)34)13-31(15-20)24(33)19-3-1-16(12-30)2-4-19/h1-10,17,20H,11,13-15H2/t17-,20+/m0/s1. The highest BCUT2D eigenvalue weighted by molar-refractivity contribution is 5.94.